The van der Waals surface area contributed by atoms with Gasteiger partial charge in [-0.25, -0.2) is 9.59 Å². The number of rotatable bonds is 24. The van der Waals surface area contributed by atoms with Gasteiger partial charge < -0.3 is 26.0 Å². The minimum Gasteiger partial charge on any atom is -0.507 e. The van der Waals surface area contributed by atoms with E-state index in [4.69, 9.17) is 0 Å². The Morgan fingerprint density at radius 3 is 1.57 bits per heavy atom. The number of hydrogen-bond acceptors (Lipinski definition) is 7. The van der Waals surface area contributed by atoms with E-state index in [0.29, 0.717) is 6.42 Å². The minimum atomic E-state index is -1.27. The Morgan fingerprint density at radius 2 is 1.11 bits per heavy atom. The van der Waals surface area contributed by atoms with Gasteiger partial charge in [-0.05, 0) is 57.1 Å². The predicted molar refractivity (Wildman–Crippen MR) is 189 cm³/mol. The number of carboxylic acid groups (broad SMARTS) is 2. The Bertz CT molecular complexity index is 1260. The van der Waals surface area contributed by atoms with Crippen molar-refractivity contribution >= 4 is 45.3 Å². The number of allylic oxidation sites excluding steroid dienone is 12. The second kappa shape index (κ2) is 26.3. The highest BCUT2D eigenvalue weighted by atomic mass is 33.1. The average molecular weight is 671 g/mol. The quantitative estimate of drug-likeness (QED) is 0.0444. The highest BCUT2D eigenvalue weighted by molar-refractivity contribution is 8.76. The summed E-state index contributed by atoms with van der Waals surface area (Å²) in [6.45, 7) is 2.13. The monoisotopic (exact) mass is 670 g/mol. The summed E-state index contributed by atoms with van der Waals surface area (Å²) in [6, 6.07) is 3.36. The molecule has 0 aromatic heterocycles. The highest BCUT2D eigenvalue weighted by Gasteiger charge is 2.24. The Hall–Kier alpha value is -3.96. The lowest BCUT2D eigenvalue weighted by Gasteiger charge is -2.16. The van der Waals surface area contributed by atoms with Gasteiger partial charge in [-0.15, -0.1) is 0 Å². The van der Waals surface area contributed by atoms with Crippen LogP contribution < -0.4 is 10.6 Å². The number of hydrogen-bond donors (Lipinski definition) is 5. The number of aliphatic carboxylic acids is 2. The molecule has 1 aromatic rings. The fraction of sp³-hybridized carbons (Fsp3) is 0.371. The van der Waals surface area contributed by atoms with Gasteiger partial charge >= 0.3 is 11.9 Å². The van der Waals surface area contributed by atoms with E-state index in [9.17, 15) is 34.5 Å². The summed E-state index contributed by atoms with van der Waals surface area (Å²) in [4.78, 5) is 47.7. The van der Waals surface area contributed by atoms with Crippen LogP contribution in [-0.4, -0.2) is 62.7 Å². The largest absolute Gasteiger partial charge is 0.507 e. The molecule has 0 bridgehead atoms. The van der Waals surface area contributed by atoms with E-state index in [2.05, 4.69) is 78.3 Å². The van der Waals surface area contributed by atoms with Gasteiger partial charge in [0.1, 0.15) is 17.8 Å². The summed E-state index contributed by atoms with van der Waals surface area (Å²) in [6.07, 6.45) is 31.4. The van der Waals surface area contributed by atoms with Crippen LogP contribution in [0, 0.1) is 0 Å². The smallest absolute Gasteiger partial charge is 0.327 e. The SMILES string of the molecule is CC/C=C\C/C=C\C/C=C\C/C=C\C/C=C\C/C=C\CCC(=O)N[C@@H](CSSC[C@H](NC(=O)c1ccccc1O)C(=O)O)C(=O)O. The van der Waals surface area contributed by atoms with Gasteiger partial charge in [-0.3, -0.25) is 9.59 Å². The van der Waals surface area contributed by atoms with Gasteiger partial charge in [0.05, 0.1) is 5.56 Å². The molecule has 0 fully saturated rings. The topological polar surface area (TPSA) is 153 Å². The van der Waals surface area contributed by atoms with E-state index >= 15 is 0 Å². The maximum atomic E-state index is 12.3. The molecule has 5 N–H and O–H groups in total. The molecule has 250 valence electrons. The molecular formula is C35H46N2O7S2. The second-order valence-corrected chi connectivity index (χ2v) is 12.4. The van der Waals surface area contributed by atoms with Crippen LogP contribution in [0.1, 0.15) is 68.6 Å². The number of carbonyl (C=O) groups excluding carboxylic acids is 2. The molecule has 2 amide bonds. The number of carboxylic acids is 2. The van der Waals surface area contributed by atoms with Gasteiger partial charge in [-0.1, -0.05) is 114 Å². The van der Waals surface area contributed by atoms with Crippen molar-refractivity contribution in [2.45, 2.75) is 70.4 Å². The molecule has 0 saturated heterocycles. The van der Waals surface area contributed by atoms with Gasteiger partial charge in [0, 0.05) is 17.9 Å². The molecule has 0 heterocycles. The standard InChI is InChI=1S/C35H46N2O7S2/c1-2-3-4-5-6-7-8-9-10-11-12-13-14-15-16-17-18-19-20-25-32(39)36-29(34(41)42)26-45-46-27-30(35(43)44)37-33(40)28-23-21-22-24-31(28)38/h3-4,6-7,9-10,12-13,15-16,18-19,21-24,29-30,38H,2,5,8,11,14,17,20,25-27H2,1H3,(H,36,39)(H,37,40)(H,41,42)(H,43,44)/b4-3-,7-6-,10-9-,13-12-,16-15-,19-18-/t29-,30-/m0/s1. The molecule has 0 saturated carbocycles. The van der Waals surface area contributed by atoms with Crippen LogP contribution in [0.3, 0.4) is 0 Å². The lowest BCUT2D eigenvalue weighted by Crippen LogP contribution is -2.43. The van der Waals surface area contributed by atoms with Crippen molar-refractivity contribution in [3.8, 4) is 5.75 Å². The molecular weight excluding hydrogens is 625 g/mol. The van der Waals surface area contributed by atoms with Crippen molar-refractivity contribution in [2.24, 2.45) is 0 Å². The molecule has 0 aliphatic carbocycles. The summed E-state index contributed by atoms with van der Waals surface area (Å²) >= 11 is 0. The second-order valence-electron chi connectivity index (χ2n) is 9.86. The first kappa shape index (κ1) is 40.1. The molecule has 11 heteroatoms. The average Bonchev–Trinajstić information content (AvgIpc) is 3.02. The first-order valence-electron chi connectivity index (χ1n) is 15.2. The Balaban J connectivity index is 2.24. The predicted octanol–water partition coefficient (Wildman–Crippen LogP) is 7.00. The van der Waals surface area contributed by atoms with E-state index in [0.717, 1.165) is 60.1 Å². The first-order chi connectivity index (χ1) is 22.3. The summed E-state index contributed by atoms with van der Waals surface area (Å²) in [7, 11) is 2.14. The zero-order valence-corrected chi connectivity index (χ0v) is 27.9. The fourth-order valence-corrected chi connectivity index (χ4v) is 5.91. The Morgan fingerprint density at radius 1 is 0.674 bits per heavy atom. The summed E-state index contributed by atoms with van der Waals surface area (Å²) in [5, 5.41) is 33.6. The maximum Gasteiger partial charge on any atom is 0.327 e. The third-order valence-corrected chi connectivity index (χ3v) is 8.49. The van der Waals surface area contributed by atoms with Crippen LogP contribution in [0.2, 0.25) is 0 Å². The molecule has 0 aliphatic heterocycles. The van der Waals surface area contributed by atoms with Crippen molar-refractivity contribution in [1.82, 2.24) is 10.6 Å². The number of phenolic OH excluding ortho intramolecular Hbond substituents is 1. The van der Waals surface area contributed by atoms with Crippen LogP contribution >= 0.6 is 21.6 Å². The number of carbonyl (C=O) groups is 4. The van der Waals surface area contributed by atoms with E-state index in [-0.39, 0.29) is 29.2 Å². The number of nitrogens with one attached hydrogen (secondary N) is 2. The van der Waals surface area contributed by atoms with E-state index in [1.807, 2.05) is 12.2 Å². The van der Waals surface area contributed by atoms with Crippen LogP contribution in [0.5, 0.6) is 5.75 Å². The Kier molecular flexibility index (Phi) is 22.9. The highest BCUT2D eigenvalue weighted by Crippen LogP contribution is 2.24. The van der Waals surface area contributed by atoms with Crippen LogP contribution in [-0.2, 0) is 14.4 Å². The number of benzene rings is 1. The zero-order chi connectivity index (χ0) is 33.8. The third-order valence-electron chi connectivity index (χ3n) is 6.07. The number of aromatic hydroxyl groups is 1. The van der Waals surface area contributed by atoms with Gasteiger partial charge in [0.2, 0.25) is 5.91 Å². The molecule has 9 nitrogen and oxygen atoms in total. The van der Waals surface area contributed by atoms with E-state index in [1.54, 1.807) is 6.07 Å². The molecule has 0 radical (unpaired) electrons. The van der Waals surface area contributed by atoms with Crippen molar-refractivity contribution in [3.05, 3.63) is 103 Å². The molecule has 0 aliphatic rings. The van der Waals surface area contributed by atoms with Crippen molar-refractivity contribution in [1.29, 1.82) is 0 Å². The molecule has 1 rings (SSSR count). The zero-order valence-electron chi connectivity index (χ0n) is 26.3. The summed E-state index contributed by atoms with van der Waals surface area (Å²) in [5.41, 5.74) is -0.0518. The molecule has 46 heavy (non-hydrogen) atoms. The summed E-state index contributed by atoms with van der Waals surface area (Å²) < 4.78 is 0. The molecule has 0 unspecified atom stereocenters. The molecule has 2 atom stereocenters. The van der Waals surface area contributed by atoms with E-state index in [1.165, 1.54) is 18.2 Å². The molecule has 0 spiro atoms. The fourth-order valence-electron chi connectivity index (χ4n) is 3.60. The lowest BCUT2D eigenvalue weighted by molar-refractivity contribution is -0.141. The van der Waals surface area contributed by atoms with Crippen molar-refractivity contribution in [3.63, 3.8) is 0 Å². The van der Waals surface area contributed by atoms with E-state index < -0.39 is 35.8 Å². The number of amides is 2. The normalized spacial score (nSPS) is 13.4. The van der Waals surface area contributed by atoms with Gasteiger partial charge in [0.15, 0.2) is 0 Å². The van der Waals surface area contributed by atoms with Gasteiger partial charge in [-0.2, -0.15) is 0 Å². The number of para-hydroxylation sites is 1. The summed E-state index contributed by atoms with van der Waals surface area (Å²) in [5.74, 6) is -3.91. The van der Waals surface area contributed by atoms with Crippen LogP contribution in [0.25, 0.3) is 0 Å². The third kappa shape index (κ3) is 20.1. The maximum absolute atomic E-state index is 12.3. The Labute approximate surface area is 280 Å². The first-order valence-corrected chi connectivity index (χ1v) is 17.7. The molecule has 1 aromatic carbocycles. The van der Waals surface area contributed by atoms with Crippen molar-refractivity contribution < 1.29 is 34.5 Å². The number of phenols is 1. The van der Waals surface area contributed by atoms with Crippen LogP contribution in [0.15, 0.2) is 97.2 Å². The minimum absolute atomic E-state index is 0.00537. The van der Waals surface area contributed by atoms with Gasteiger partial charge in [0.25, 0.3) is 5.91 Å². The lowest BCUT2D eigenvalue weighted by atomic mass is 10.2. The van der Waals surface area contributed by atoms with Crippen molar-refractivity contribution in [2.75, 3.05) is 11.5 Å². The van der Waals surface area contributed by atoms with Crippen LogP contribution in [0.4, 0.5) is 0 Å².